The van der Waals surface area contributed by atoms with E-state index in [1.165, 1.54) is 11.8 Å². The lowest BCUT2D eigenvalue weighted by Crippen LogP contribution is -2.35. The first-order valence-corrected chi connectivity index (χ1v) is 7.30. The predicted octanol–water partition coefficient (Wildman–Crippen LogP) is 1.79. The number of benzene rings is 1. The Morgan fingerprint density at radius 1 is 1.36 bits per heavy atom. The second-order valence-electron chi connectivity index (χ2n) is 5.44. The van der Waals surface area contributed by atoms with Gasteiger partial charge in [-0.05, 0) is 36.2 Å². The molecule has 2 heterocycles. The molecular formula is C17H18N2O3. The van der Waals surface area contributed by atoms with Crippen LogP contribution in [0, 0.1) is 0 Å². The molecule has 2 N–H and O–H groups in total. The number of carbonyl (C=O) groups is 1. The number of pyridine rings is 1. The molecule has 5 nitrogen and oxygen atoms in total. The number of fused-ring (bicyclic) bond motifs is 1. The minimum atomic E-state index is -0.284. The van der Waals surface area contributed by atoms with Gasteiger partial charge in [-0.2, -0.15) is 0 Å². The Morgan fingerprint density at radius 3 is 3.05 bits per heavy atom. The molecule has 0 saturated carbocycles. The van der Waals surface area contributed by atoms with Gasteiger partial charge in [0.1, 0.15) is 5.75 Å². The van der Waals surface area contributed by atoms with E-state index in [0.29, 0.717) is 5.56 Å². The van der Waals surface area contributed by atoms with Crippen molar-refractivity contribution in [2.24, 2.45) is 0 Å². The Bertz CT molecular complexity index is 700. The van der Waals surface area contributed by atoms with Crippen molar-refractivity contribution in [2.75, 3.05) is 13.2 Å². The average Bonchev–Trinajstić information content (AvgIpc) is 3.02. The van der Waals surface area contributed by atoms with Crippen LogP contribution in [0.3, 0.4) is 0 Å². The molecule has 5 heteroatoms. The minimum absolute atomic E-state index is 0.0936. The molecule has 0 fully saturated rings. The number of hydrogen-bond donors (Lipinski definition) is 2. The van der Waals surface area contributed by atoms with Crippen LogP contribution >= 0.6 is 0 Å². The molecule has 1 amide bonds. The van der Waals surface area contributed by atoms with Crippen molar-refractivity contribution >= 4 is 5.91 Å². The predicted molar refractivity (Wildman–Crippen MR) is 82.9 cm³/mol. The van der Waals surface area contributed by atoms with Crippen molar-refractivity contribution in [1.29, 1.82) is 0 Å². The number of hydrogen-bond acceptors (Lipinski definition) is 4. The summed E-state index contributed by atoms with van der Waals surface area (Å²) >= 11 is 0. The molecule has 0 spiro atoms. The lowest BCUT2D eigenvalue weighted by atomic mass is 10.0. The zero-order chi connectivity index (χ0) is 15.5. The Morgan fingerprint density at radius 2 is 2.23 bits per heavy atom. The van der Waals surface area contributed by atoms with Crippen LogP contribution in [0.25, 0.3) is 11.1 Å². The highest BCUT2D eigenvalue weighted by Crippen LogP contribution is 2.30. The summed E-state index contributed by atoms with van der Waals surface area (Å²) in [7, 11) is 0. The van der Waals surface area contributed by atoms with E-state index in [1.807, 2.05) is 18.2 Å². The van der Waals surface area contributed by atoms with Crippen LogP contribution in [0.2, 0.25) is 0 Å². The van der Waals surface area contributed by atoms with Gasteiger partial charge in [0.15, 0.2) is 0 Å². The highest BCUT2D eigenvalue weighted by Gasteiger charge is 2.14. The van der Waals surface area contributed by atoms with E-state index in [-0.39, 0.29) is 18.6 Å². The number of rotatable bonds is 4. The normalized spacial score (nSPS) is 14.1. The van der Waals surface area contributed by atoms with Crippen LogP contribution in [0.15, 0.2) is 36.7 Å². The third kappa shape index (κ3) is 2.94. The Hall–Kier alpha value is -2.40. The molecule has 0 saturated heterocycles. The summed E-state index contributed by atoms with van der Waals surface area (Å²) in [5, 5.41) is 11.7. The number of ether oxygens (including phenoxy) is 1. The summed E-state index contributed by atoms with van der Waals surface area (Å²) in [6.45, 7) is 2.37. The van der Waals surface area contributed by atoms with Crippen LogP contribution in [0.5, 0.6) is 5.75 Å². The second-order valence-corrected chi connectivity index (χ2v) is 5.44. The molecular weight excluding hydrogens is 280 g/mol. The van der Waals surface area contributed by atoms with E-state index in [1.54, 1.807) is 13.1 Å². The summed E-state index contributed by atoms with van der Waals surface area (Å²) in [6, 6.07) is 7.53. The highest BCUT2D eigenvalue weighted by molar-refractivity contribution is 5.95. The molecule has 0 aliphatic carbocycles. The summed E-state index contributed by atoms with van der Waals surface area (Å²) in [5.74, 6) is 0.697. The van der Waals surface area contributed by atoms with Crippen molar-refractivity contribution in [2.45, 2.75) is 19.4 Å². The van der Waals surface area contributed by atoms with Gasteiger partial charge in [0.05, 0.1) is 18.8 Å². The number of aliphatic hydroxyl groups excluding tert-OH is 1. The minimum Gasteiger partial charge on any atom is -0.493 e. The van der Waals surface area contributed by atoms with Crippen molar-refractivity contribution in [3.8, 4) is 16.9 Å². The van der Waals surface area contributed by atoms with Crippen LogP contribution < -0.4 is 10.1 Å². The van der Waals surface area contributed by atoms with Gasteiger partial charge in [-0.25, -0.2) is 0 Å². The summed E-state index contributed by atoms with van der Waals surface area (Å²) in [4.78, 5) is 16.3. The first-order valence-electron chi connectivity index (χ1n) is 7.30. The first-order chi connectivity index (χ1) is 10.7. The number of amides is 1. The maximum atomic E-state index is 12.1. The lowest BCUT2D eigenvalue weighted by Gasteiger charge is -2.11. The maximum Gasteiger partial charge on any atom is 0.253 e. The quantitative estimate of drug-likeness (QED) is 0.903. The van der Waals surface area contributed by atoms with Crippen LogP contribution in [-0.2, 0) is 6.42 Å². The van der Waals surface area contributed by atoms with E-state index in [2.05, 4.69) is 16.4 Å². The number of aromatic nitrogens is 1. The van der Waals surface area contributed by atoms with E-state index in [9.17, 15) is 4.79 Å². The molecule has 114 valence electrons. The lowest BCUT2D eigenvalue weighted by molar-refractivity contribution is 0.0922. The number of carbonyl (C=O) groups excluding carboxylic acids is 1. The first kappa shape index (κ1) is 14.5. The maximum absolute atomic E-state index is 12.1. The third-order valence-corrected chi connectivity index (χ3v) is 3.67. The fourth-order valence-electron chi connectivity index (χ4n) is 2.44. The van der Waals surface area contributed by atoms with E-state index in [0.717, 1.165) is 29.9 Å². The molecule has 2 aromatic rings. The zero-order valence-corrected chi connectivity index (χ0v) is 12.4. The Kier molecular flexibility index (Phi) is 4.06. The van der Waals surface area contributed by atoms with Crippen molar-refractivity contribution in [3.05, 3.63) is 47.8 Å². The third-order valence-electron chi connectivity index (χ3n) is 3.67. The zero-order valence-electron chi connectivity index (χ0n) is 12.4. The SMILES string of the molecule is CC(CO)NC(=O)c1cncc(-c2ccc3c(c2)CCO3)c1. The van der Waals surface area contributed by atoms with Crippen molar-refractivity contribution in [1.82, 2.24) is 10.3 Å². The molecule has 1 unspecified atom stereocenters. The fraction of sp³-hybridized carbons (Fsp3) is 0.294. The van der Waals surface area contributed by atoms with Gasteiger partial charge in [-0.15, -0.1) is 0 Å². The fourth-order valence-corrected chi connectivity index (χ4v) is 2.44. The molecule has 0 bridgehead atoms. The van der Waals surface area contributed by atoms with Gasteiger partial charge < -0.3 is 15.2 Å². The van der Waals surface area contributed by atoms with Gasteiger partial charge in [0.2, 0.25) is 0 Å². The van der Waals surface area contributed by atoms with Crippen LogP contribution in [-0.4, -0.2) is 35.3 Å². The van der Waals surface area contributed by atoms with Crippen molar-refractivity contribution in [3.63, 3.8) is 0 Å². The molecule has 0 radical (unpaired) electrons. The summed E-state index contributed by atoms with van der Waals surface area (Å²) < 4.78 is 5.50. The van der Waals surface area contributed by atoms with Crippen LogP contribution in [0.1, 0.15) is 22.8 Å². The monoisotopic (exact) mass is 298 g/mol. The molecule has 22 heavy (non-hydrogen) atoms. The van der Waals surface area contributed by atoms with Gasteiger partial charge in [0.25, 0.3) is 5.91 Å². The molecule has 1 atom stereocenters. The van der Waals surface area contributed by atoms with Crippen molar-refractivity contribution < 1.29 is 14.6 Å². The highest BCUT2D eigenvalue weighted by atomic mass is 16.5. The summed E-state index contributed by atoms with van der Waals surface area (Å²) in [6.07, 6.45) is 4.17. The van der Waals surface area contributed by atoms with Gasteiger partial charge in [0, 0.05) is 30.4 Å². The standard InChI is InChI=1S/C17H18N2O3/c1-11(10-20)19-17(21)15-7-14(8-18-9-15)12-2-3-16-13(6-12)4-5-22-16/h2-3,6-9,11,20H,4-5,10H2,1H3,(H,19,21). The van der Waals surface area contributed by atoms with E-state index < -0.39 is 0 Å². The molecule has 1 aromatic heterocycles. The largest absolute Gasteiger partial charge is 0.493 e. The second kappa shape index (κ2) is 6.15. The van der Waals surface area contributed by atoms with E-state index in [4.69, 9.17) is 9.84 Å². The Labute approximate surface area is 129 Å². The molecule has 1 aliphatic heterocycles. The number of nitrogens with one attached hydrogen (secondary N) is 1. The van der Waals surface area contributed by atoms with Crippen LogP contribution in [0.4, 0.5) is 0 Å². The van der Waals surface area contributed by atoms with Gasteiger partial charge in [-0.3, -0.25) is 9.78 Å². The topological polar surface area (TPSA) is 71.5 Å². The number of aliphatic hydroxyl groups is 1. The molecule has 3 rings (SSSR count). The Balaban J connectivity index is 1.86. The average molecular weight is 298 g/mol. The molecule has 1 aliphatic rings. The van der Waals surface area contributed by atoms with Gasteiger partial charge >= 0.3 is 0 Å². The summed E-state index contributed by atoms with van der Waals surface area (Å²) in [5.41, 5.74) is 3.57. The van der Waals surface area contributed by atoms with Gasteiger partial charge in [-0.1, -0.05) is 6.07 Å². The molecule has 1 aromatic carbocycles. The van der Waals surface area contributed by atoms with E-state index >= 15 is 0 Å². The smallest absolute Gasteiger partial charge is 0.253 e. The number of nitrogens with zero attached hydrogens (tertiary/aromatic N) is 1.